The van der Waals surface area contributed by atoms with Crippen molar-refractivity contribution in [2.45, 2.75) is 121 Å². The van der Waals surface area contributed by atoms with Gasteiger partial charge in [0.15, 0.2) is 0 Å². The van der Waals surface area contributed by atoms with E-state index in [1.807, 2.05) is 44.2 Å². The van der Waals surface area contributed by atoms with Crippen LogP contribution in [0.2, 0.25) is 0 Å². The number of rotatable bonds is 11. The van der Waals surface area contributed by atoms with E-state index in [0.717, 1.165) is 12.0 Å². The second-order valence-corrected chi connectivity index (χ2v) is 14.6. The number of aliphatic hydroxyl groups is 2. The number of β-lactam (4-membered cyclic amide) rings is 2. The van der Waals surface area contributed by atoms with E-state index in [-0.39, 0.29) is 77.4 Å². The SMILES string of the molecule is CC1N(Cc2nnco2)C(=O)C12CCCN2C(=O)[C@@H](N)[C@@H](C)O.CC1N(Cc2nnco2)C(=O)C12CCCN2C(=O)[C@@H](NC(=O)OCc1ccccc1)[C@@H](C)O.[CH3-].[Pd]. The molecule has 4 aliphatic heterocycles. The average molecular weight is 902 g/mol. The molecule has 5 amide bonds. The van der Waals surface area contributed by atoms with Crippen molar-refractivity contribution >= 4 is 29.7 Å². The smallest absolute Gasteiger partial charge is 0.408 e. The molecule has 0 bridgehead atoms. The minimum atomic E-state index is -1.24. The number of carbonyl (C=O) groups excluding carboxylic acids is 5. The van der Waals surface area contributed by atoms with E-state index >= 15 is 0 Å². The Hall–Kier alpha value is -4.81. The molecule has 320 valence electrons. The number of hydrogen-bond acceptors (Lipinski definition) is 15. The molecule has 2 aromatic heterocycles. The summed E-state index contributed by atoms with van der Waals surface area (Å²) in [5.74, 6) is -0.573. The van der Waals surface area contributed by atoms with Crippen LogP contribution < -0.4 is 11.1 Å². The number of hydrogen-bond donors (Lipinski definition) is 4. The van der Waals surface area contributed by atoms with Crippen LogP contribution in [0.5, 0.6) is 0 Å². The molecule has 21 heteroatoms. The molecule has 0 aliphatic carbocycles. The molecular formula is C37H51N10O10Pd-. The Morgan fingerprint density at radius 2 is 1.34 bits per heavy atom. The van der Waals surface area contributed by atoms with Crippen molar-refractivity contribution in [3.8, 4) is 0 Å². The second-order valence-electron chi connectivity index (χ2n) is 14.6. The van der Waals surface area contributed by atoms with Gasteiger partial charge in [0.1, 0.15) is 29.8 Å². The molecule has 4 saturated heterocycles. The molecule has 2 spiro atoms. The zero-order valence-corrected chi connectivity index (χ0v) is 34.6. The van der Waals surface area contributed by atoms with Crippen LogP contribution in [0, 0.1) is 7.43 Å². The summed E-state index contributed by atoms with van der Waals surface area (Å²) in [7, 11) is 0. The van der Waals surface area contributed by atoms with Crippen molar-refractivity contribution in [1.29, 1.82) is 0 Å². The number of ether oxygens (including phenoxy) is 1. The molecule has 20 nitrogen and oxygen atoms in total. The van der Waals surface area contributed by atoms with E-state index in [9.17, 15) is 34.2 Å². The molecular weight excluding hydrogens is 851 g/mol. The van der Waals surface area contributed by atoms with Crippen LogP contribution >= 0.6 is 0 Å². The van der Waals surface area contributed by atoms with Gasteiger partial charge in [-0.25, -0.2) is 4.79 Å². The minimum absolute atomic E-state index is 0. The first-order valence-electron chi connectivity index (χ1n) is 18.6. The van der Waals surface area contributed by atoms with Crippen LogP contribution in [0.25, 0.3) is 0 Å². The first kappa shape index (κ1) is 45.9. The Morgan fingerprint density at radius 1 is 0.862 bits per heavy atom. The zero-order valence-electron chi connectivity index (χ0n) is 33.0. The van der Waals surface area contributed by atoms with Gasteiger partial charge in [0.2, 0.25) is 36.4 Å². The molecule has 3 aromatic rings. The van der Waals surface area contributed by atoms with Crippen molar-refractivity contribution < 1.29 is 68.2 Å². The van der Waals surface area contributed by atoms with Crippen LogP contribution in [0.4, 0.5) is 4.79 Å². The van der Waals surface area contributed by atoms with Gasteiger partial charge in [0.25, 0.3) is 11.8 Å². The molecule has 0 radical (unpaired) electrons. The summed E-state index contributed by atoms with van der Waals surface area (Å²) in [6.45, 7) is 7.90. The van der Waals surface area contributed by atoms with E-state index in [0.29, 0.717) is 44.1 Å². The van der Waals surface area contributed by atoms with Gasteiger partial charge >= 0.3 is 6.09 Å². The van der Waals surface area contributed by atoms with Crippen molar-refractivity contribution in [3.05, 3.63) is 67.9 Å². The fourth-order valence-corrected chi connectivity index (χ4v) is 8.27. The van der Waals surface area contributed by atoms with Crippen molar-refractivity contribution in [2.75, 3.05) is 13.1 Å². The summed E-state index contributed by atoms with van der Waals surface area (Å²) in [4.78, 5) is 70.5. The van der Waals surface area contributed by atoms with E-state index in [2.05, 4.69) is 25.7 Å². The molecule has 5 N–H and O–H groups in total. The number of carbonyl (C=O) groups is 5. The summed E-state index contributed by atoms with van der Waals surface area (Å²) < 4.78 is 15.4. The third-order valence-electron chi connectivity index (χ3n) is 11.4. The Balaban J connectivity index is 0.000000263. The van der Waals surface area contributed by atoms with Crippen molar-refractivity contribution in [3.63, 3.8) is 0 Å². The van der Waals surface area contributed by atoms with Gasteiger partial charge in [-0.05, 0) is 58.9 Å². The molecule has 4 aliphatic rings. The number of benzene rings is 1. The molecule has 1 aromatic carbocycles. The molecule has 6 heterocycles. The molecule has 0 saturated carbocycles. The van der Waals surface area contributed by atoms with Gasteiger partial charge in [0.05, 0.1) is 37.4 Å². The maximum Gasteiger partial charge on any atom is 0.408 e. The van der Waals surface area contributed by atoms with Crippen LogP contribution in [-0.4, -0.2) is 140 Å². The quantitative estimate of drug-likeness (QED) is 0.113. The van der Waals surface area contributed by atoms with Gasteiger partial charge in [-0.3, -0.25) is 19.2 Å². The Kier molecular flexibility index (Phi) is 14.9. The maximum atomic E-state index is 13.4. The number of nitrogens with one attached hydrogen (secondary N) is 1. The number of nitrogens with two attached hydrogens (primary N) is 1. The van der Waals surface area contributed by atoms with Gasteiger partial charge in [-0.1, -0.05) is 30.3 Å². The number of nitrogens with zero attached hydrogens (tertiary/aromatic N) is 8. The molecule has 58 heavy (non-hydrogen) atoms. The summed E-state index contributed by atoms with van der Waals surface area (Å²) in [6.07, 6.45) is 1.94. The number of aliphatic hydroxyl groups excluding tert-OH is 2. The number of amides is 5. The Morgan fingerprint density at radius 3 is 1.76 bits per heavy atom. The summed E-state index contributed by atoms with van der Waals surface area (Å²) in [5.41, 5.74) is 4.70. The standard InChI is InChI=1S/C22H27N5O6.C14H21N5O4.CH3.Pd/c1-14(28)18(24-21(31)32-12-16-7-4-3-5-8-16)19(29)27-10-6-9-22(27)15(2)26(20(22)30)11-17-25-23-13-33-17;1-8(20)11(15)12(21)19-5-3-4-14(19)9(2)18(13(14)22)6-10-17-16-7-23-10;;/h3-5,7-8,13-15,18,28H,6,9-12H2,1-2H3,(H,24,31);7-9,11,20H,3-6,15H2,1-2H3;1H3;/q;;-1;/t14-,15?,18+,22?;8-,9?,11+,14?;;/m11../s1. The van der Waals surface area contributed by atoms with Crippen molar-refractivity contribution in [1.82, 2.24) is 45.3 Å². The number of likely N-dealkylation sites (tertiary alicyclic amines) is 4. The molecule has 8 atom stereocenters. The van der Waals surface area contributed by atoms with Crippen LogP contribution in [0.3, 0.4) is 0 Å². The predicted octanol–water partition coefficient (Wildman–Crippen LogP) is 0.155. The van der Waals surface area contributed by atoms with Gasteiger partial charge < -0.3 is 61.9 Å². The summed E-state index contributed by atoms with van der Waals surface area (Å²) in [6, 6.07) is 6.39. The predicted molar refractivity (Wildman–Crippen MR) is 197 cm³/mol. The monoisotopic (exact) mass is 901 g/mol. The molecule has 4 fully saturated rings. The fraction of sp³-hybridized carbons (Fsp3) is 0.568. The van der Waals surface area contributed by atoms with Crippen LogP contribution in [0.1, 0.15) is 70.7 Å². The maximum absolute atomic E-state index is 13.4. The Labute approximate surface area is 349 Å². The van der Waals surface area contributed by atoms with Crippen LogP contribution in [-0.2, 0) is 64.0 Å². The fourth-order valence-electron chi connectivity index (χ4n) is 8.27. The van der Waals surface area contributed by atoms with E-state index in [1.54, 1.807) is 14.7 Å². The third kappa shape index (κ3) is 8.36. The van der Waals surface area contributed by atoms with Crippen LogP contribution in [0.15, 0.2) is 52.0 Å². The van der Waals surface area contributed by atoms with E-state index in [4.69, 9.17) is 19.3 Å². The second kappa shape index (κ2) is 18.8. The Bertz CT molecular complexity index is 1870. The molecule has 7 rings (SSSR count). The summed E-state index contributed by atoms with van der Waals surface area (Å²) >= 11 is 0. The number of aromatic nitrogens is 4. The van der Waals surface area contributed by atoms with E-state index in [1.165, 1.54) is 31.5 Å². The summed E-state index contributed by atoms with van der Waals surface area (Å²) in [5, 5.41) is 37.1. The van der Waals surface area contributed by atoms with E-state index < -0.39 is 47.4 Å². The first-order valence-corrected chi connectivity index (χ1v) is 18.6. The average Bonchev–Trinajstić information content (AvgIpc) is 4.04. The normalized spacial score (nSPS) is 25.4. The van der Waals surface area contributed by atoms with Gasteiger partial charge in [-0.2, -0.15) is 0 Å². The topological polar surface area (TPSA) is 264 Å². The zero-order chi connectivity index (χ0) is 40.4. The third-order valence-corrected chi connectivity index (χ3v) is 11.4. The first-order chi connectivity index (χ1) is 26.7. The minimum Gasteiger partial charge on any atom is -0.445 e. The van der Waals surface area contributed by atoms with Crippen molar-refractivity contribution in [2.24, 2.45) is 5.73 Å². The largest absolute Gasteiger partial charge is 0.445 e. The van der Waals surface area contributed by atoms with Gasteiger partial charge in [-0.15, -0.1) is 20.4 Å². The molecule has 4 unspecified atom stereocenters. The van der Waals surface area contributed by atoms with Gasteiger partial charge in [0, 0.05) is 33.5 Å². The number of alkyl carbamates (subject to hydrolysis) is 1.